The molecule has 41 heavy (non-hydrogen) atoms. The highest BCUT2D eigenvalue weighted by Crippen LogP contribution is 2.37. The molecule has 10 heteroatoms. The van der Waals surface area contributed by atoms with E-state index in [0.717, 1.165) is 27.5 Å². The minimum absolute atomic E-state index is 0.120. The molecule has 4 rings (SSSR count). The lowest BCUT2D eigenvalue weighted by molar-refractivity contribution is -0.138. The number of aromatic nitrogens is 2. The van der Waals surface area contributed by atoms with Crippen molar-refractivity contribution in [3.05, 3.63) is 48.4 Å². The topological polar surface area (TPSA) is 106 Å². The summed E-state index contributed by atoms with van der Waals surface area (Å²) in [5.41, 5.74) is 2.04. The van der Waals surface area contributed by atoms with Gasteiger partial charge in [-0.3, -0.25) is 4.79 Å². The average Bonchev–Trinajstić information content (AvgIpc) is 3.48. The van der Waals surface area contributed by atoms with Crippen molar-refractivity contribution < 1.29 is 23.6 Å². The molecule has 1 aliphatic heterocycles. The molecule has 220 valence electrons. The lowest BCUT2D eigenvalue weighted by Gasteiger charge is -2.36. The van der Waals surface area contributed by atoms with E-state index in [1.807, 2.05) is 40.7 Å². The van der Waals surface area contributed by atoms with Gasteiger partial charge in [0.2, 0.25) is 5.91 Å². The van der Waals surface area contributed by atoms with Gasteiger partial charge in [0.25, 0.3) is 0 Å². The first-order chi connectivity index (χ1) is 19.1. The molecule has 2 heterocycles. The number of nitrogens with zero attached hydrogens (tertiary/aromatic N) is 2. The number of ether oxygens (including phenoxy) is 1. The van der Waals surface area contributed by atoms with E-state index >= 15 is 0 Å². The Kier molecular flexibility index (Phi) is 8.57. The molecule has 0 spiro atoms. The molecule has 1 fully saturated rings. The van der Waals surface area contributed by atoms with E-state index in [2.05, 4.69) is 73.3 Å². The van der Waals surface area contributed by atoms with Crippen molar-refractivity contribution in [1.82, 2.24) is 20.2 Å². The number of imidazole rings is 1. The van der Waals surface area contributed by atoms with E-state index in [1.165, 1.54) is 7.11 Å². The standard InChI is InChI=1S/C31H43BN4O5/c1-18(2)26(35-29(38)39-10)28(37)36(19(3)4)20(5)27-33-17-25(34-27)23-12-11-22-16-24(14-13-21(22)15-23)32-40-30(6,7)31(8,9)41-32/h11-20,26H,1-10H3,(H,33,34)(H,35,38)/t20-,26-/m0/s1. The van der Waals surface area contributed by atoms with E-state index in [0.29, 0.717) is 5.82 Å². The van der Waals surface area contributed by atoms with Crippen molar-refractivity contribution >= 4 is 35.4 Å². The lowest BCUT2D eigenvalue weighted by atomic mass is 9.78. The van der Waals surface area contributed by atoms with Crippen LogP contribution in [-0.4, -0.2) is 64.4 Å². The van der Waals surface area contributed by atoms with Gasteiger partial charge >= 0.3 is 13.2 Å². The third-order valence-corrected chi connectivity index (χ3v) is 8.31. The van der Waals surface area contributed by atoms with Crippen molar-refractivity contribution in [1.29, 1.82) is 0 Å². The smallest absolute Gasteiger partial charge is 0.453 e. The van der Waals surface area contributed by atoms with Crippen LogP contribution in [0.25, 0.3) is 22.0 Å². The van der Waals surface area contributed by atoms with Gasteiger partial charge in [-0.1, -0.05) is 44.2 Å². The second kappa shape index (κ2) is 11.5. The molecule has 0 saturated carbocycles. The third-order valence-electron chi connectivity index (χ3n) is 8.31. The molecule has 0 unspecified atom stereocenters. The minimum Gasteiger partial charge on any atom is -0.453 e. The molecule has 1 saturated heterocycles. The van der Waals surface area contributed by atoms with Gasteiger partial charge in [-0.15, -0.1) is 0 Å². The van der Waals surface area contributed by atoms with Crippen LogP contribution in [0.15, 0.2) is 42.6 Å². The maximum Gasteiger partial charge on any atom is 0.494 e. The van der Waals surface area contributed by atoms with Crippen LogP contribution in [0, 0.1) is 5.92 Å². The molecule has 2 amide bonds. The van der Waals surface area contributed by atoms with E-state index in [9.17, 15) is 9.59 Å². The number of carbonyl (C=O) groups excluding carboxylic acids is 2. The van der Waals surface area contributed by atoms with E-state index in [4.69, 9.17) is 14.0 Å². The van der Waals surface area contributed by atoms with Crippen molar-refractivity contribution in [3.8, 4) is 11.3 Å². The highest BCUT2D eigenvalue weighted by atomic mass is 16.7. The van der Waals surface area contributed by atoms with Crippen molar-refractivity contribution in [2.75, 3.05) is 7.11 Å². The number of amides is 2. The fraction of sp³-hybridized carbons (Fsp3) is 0.516. The normalized spacial score (nSPS) is 17.6. The first kappa shape index (κ1) is 30.6. The second-order valence-electron chi connectivity index (χ2n) is 12.5. The van der Waals surface area contributed by atoms with Crippen LogP contribution in [-0.2, 0) is 18.8 Å². The lowest BCUT2D eigenvalue weighted by Crippen LogP contribution is -2.53. The number of H-pyrrole nitrogens is 1. The van der Waals surface area contributed by atoms with Gasteiger partial charge in [-0.2, -0.15) is 0 Å². The monoisotopic (exact) mass is 562 g/mol. The zero-order chi connectivity index (χ0) is 30.3. The average molecular weight is 563 g/mol. The number of fused-ring (bicyclic) bond motifs is 1. The summed E-state index contributed by atoms with van der Waals surface area (Å²) >= 11 is 0. The third kappa shape index (κ3) is 6.14. The van der Waals surface area contributed by atoms with Crippen LogP contribution < -0.4 is 10.8 Å². The van der Waals surface area contributed by atoms with Crippen LogP contribution in [0.2, 0.25) is 0 Å². The summed E-state index contributed by atoms with van der Waals surface area (Å²) in [5.74, 6) is 0.360. The van der Waals surface area contributed by atoms with Gasteiger partial charge in [0.1, 0.15) is 11.9 Å². The molecule has 1 aliphatic rings. The number of hydrogen-bond acceptors (Lipinski definition) is 6. The number of nitrogens with one attached hydrogen (secondary N) is 2. The predicted molar refractivity (Wildman–Crippen MR) is 162 cm³/mol. The van der Waals surface area contributed by atoms with E-state index < -0.39 is 30.5 Å². The Labute approximate surface area is 243 Å². The minimum atomic E-state index is -0.718. The number of carbonyl (C=O) groups is 2. The van der Waals surface area contributed by atoms with Gasteiger partial charge < -0.3 is 29.2 Å². The number of aromatic amines is 1. The van der Waals surface area contributed by atoms with Gasteiger partial charge in [0.15, 0.2) is 0 Å². The Morgan fingerprint density at radius 1 is 0.976 bits per heavy atom. The number of hydrogen-bond donors (Lipinski definition) is 2. The van der Waals surface area contributed by atoms with E-state index in [-0.39, 0.29) is 23.9 Å². The second-order valence-corrected chi connectivity index (χ2v) is 12.5. The van der Waals surface area contributed by atoms with Crippen molar-refractivity contribution in [3.63, 3.8) is 0 Å². The Morgan fingerprint density at radius 3 is 2.17 bits per heavy atom. The molecule has 0 radical (unpaired) electrons. The fourth-order valence-corrected chi connectivity index (χ4v) is 5.14. The van der Waals surface area contributed by atoms with Crippen LogP contribution in [0.1, 0.15) is 74.2 Å². The Morgan fingerprint density at radius 2 is 1.59 bits per heavy atom. The summed E-state index contributed by atoms with van der Waals surface area (Å²) < 4.78 is 17.2. The Hall–Kier alpha value is -3.37. The highest BCUT2D eigenvalue weighted by Gasteiger charge is 2.51. The first-order valence-electron chi connectivity index (χ1n) is 14.3. The number of benzene rings is 2. The van der Waals surface area contributed by atoms with Crippen LogP contribution in [0.5, 0.6) is 0 Å². The quantitative estimate of drug-likeness (QED) is 0.366. The number of alkyl carbamates (subject to hydrolysis) is 1. The summed E-state index contributed by atoms with van der Waals surface area (Å²) in [6.07, 6.45) is 1.16. The molecular formula is C31H43BN4O5. The molecule has 0 aliphatic carbocycles. The van der Waals surface area contributed by atoms with Gasteiger partial charge in [0, 0.05) is 11.6 Å². The zero-order valence-corrected chi connectivity index (χ0v) is 25.9. The molecule has 2 atom stereocenters. The van der Waals surface area contributed by atoms with Crippen LogP contribution >= 0.6 is 0 Å². The maximum absolute atomic E-state index is 13.6. The van der Waals surface area contributed by atoms with Crippen molar-refractivity contribution in [2.24, 2.45) is 5.92 Å². The molecule has 1 aromatic heterocycles. The van der Waals surface area contributed by atoms with Gasteiger partial charge in [-0.05, 0) is 76.7 Å². The summed E-state index contributed by atoms with van der Waals surface area (Å²) in [7, 11) is 0.876. The summed E-state index contributed by atoms with van der Waals surface area (Å²) in [4.78, 5) is 35.3. The largest absolute Gasteiger partial charge is 0.494 e. The Bertz CT molecular complexity index is 1400. The molecule has 0 bridgehead atoms. The summed E-state index contributed by atoms with van der Waals surface area (Å²) in [6.45, 7) is 17.8. The van der Waals surface area contributed by atoms with Gasteiger partial charge in [0.05, 0.1) is 36.2 Å². The number of rotatable bonds is 8. The van der Waals surface area contributed by atoms with E-state index in [1.54, 1.807) is 11.1 Å². The highest BCUT2D eigenvalue weighted by molar-refractivity contribution is 6.62. The fourth-order valence-electron chi connectivity index (χ4n) is 5.14. The summed E-state index contributed by atoms with van der Waals surface area (Å²) in [5, 5.41) is 4.86. The molecular weight excluding hydrogens is 519 g/mol. The predicted octanol–water partition coefficient (Wildman–Crippen LogP) is 5.21. The summed E-state index contributed by atoms with van der Waals surface area (Å²) in [6, 6.07) is 11.3. The SMILES string of the molecule is COC(=O)N[C@H](C(=O)N(C(C)C)[C@@H](C)c1ncc(-c2ccc3cc(B4OC(C)(C)C(C)(C)O4)ccc3c2)[nH]1)C(C)C. The number of methoxy groups -OCH3 is 1. The van der Waals surface area contributed by atoms with Crippen LogP contribution in [0.3, 0.4) is 0 Å². The van der Waals surface area contributed by atoms with Crippen LogP contribution in [0.4, 0.5) is 4.79 Å². The molecule has 9 nitrogen and oxygen atoms in total. The Balaban J connectivity index is 1.56. The first-order valence-corrected chi connectivity index (χ1v) is 14.3. The van der Waals surface area contributed by atoms with Gasteiger partial charge in [-0.25, -0.2) is 9.78 Å². The van der Waals surface area contributed by atoms with Crippen molar-refractivity contribution in [2.45, 2.75) is 91.6 Å². The molecule has 3 aromatic rings. The molecule has 2 N–H and O–H groups in total. The maximum atomic E-state index is 13.6. The molecule has 2 aromatic carbocycles. The zero-order valence-electron chi connectivity index (χ0n) is 25.9.